The number of hydrogen-bond donors (Lipinski definition) is 1. The van der Waals surface area contributed by atoms with Crippen molar-refractivity contribution < 1.29 is 0 Å². The third-order valence-corrected chi connectivity index (χ3v) is 4.09. The molecule has 0 fully saturated rings. The molecule has 0 amide bonds. The molecule has 0 saturated carbocycles. The Kier molecular flexibility index (Phi) is 3.38. The van der Waals surface area contributed by atoms with Crippen molar-refractivity contribution in [3.8, 4) is 0 Å². The van der Waals surface area contributed by atoms with E-state index in [1.54, 1.807) is 0 Å². The Labute approximate surface area is 120 Å². The first-order valence-electron chi connectivity index (χ1n) is 7.40. The summed E-state index contributed by atoms with van der Waals surface area (Å²) in [5.74, 6) is 0. The molecule has 1 aliphatic rings. The maximum atomic E-state index is 6.07. The van der Waals surface area contributed by atoms with Gasteiger partial charge < -0.3 is 10.6 Å². The zero-order valence-corrected chi connectivity index (χ0v) is 12.3. The van der Waals surface area contributed by atoms with Gasteiger partial charge in [0, 0.05) is 30.0 Å². The Morgan fingerprint density at radius 1 is 1.30 bits per heavy atom. The van der Waals surface area contributed by atoms with Crippen LogP contribution in [0.5, 0.6) is 0 Å². The van der Waals surface area contributed by atoms with Gasteiger partial charge in [-0.3, -0.25) is 4.68 Å². The summed E-state index contributed by atoms with van der Waals surface area (Å²) in [4.78, 5) is 2.41. The fourth-order valence-electron chi connectivity index (χ4n) is 2.98. The lowest BCUT2D eigenvalue weighted by Crippen LogP contribution is -2.21. The van der Waals surface area contributed by atoms with Crippen LogP contribution in [0.3, 0.4) is 0 Å². The Bertz CT molecular complexity index is 615. The third-order valence-electron chi connectivity index (χ3n) is 4.09. The lowest BCUT2D eigenvalue weighted by atomic mass is 10.1. The number of benzene rings is 1. The van der Waals surface area contributed by atoms with Gasteiger partial charge in [0.25, 0.3) is 0 Å². The van der Waals surface area contributed by atoms with Crippen LogP contribution in [-0.4, -0.2) is 16.3 Å². The molecule has 4 nitrogen and oxygen atoms in total. The molecule has 2 N–H and O–H groups in total. The molecular formula is C16H22N4. The van der Waals surface area contributed by atoms with E-state index in [1.807, 2.05) is 12.1 Å². The quantitative estimate of drug-likeness (QED) is 0.869. The summed E-state index contributed by atoms with van der Waals surface area (Å²) in [6.07, 6.45) is 2.03. The molecule has 0 atom stereocenters. The molecule has 20 heavy (non-hydrogen) atoms. The molecule has 0 saturated heterocycles. The van der Waals surface area contributed by atoms with Crippen molar-refractivity contribution >= 4 is 11.4 Å². The molecule has 0 aliphatic carbocycles. The second-order valence-corrected chi connectivity index (χ2v) is 5.31. The van der Waals surface area contributed by atoms with Crippen LogP contribution in [0.1, 0.15) is 30.8 Å². The first-order valence-corrected chi connectivity index (χ1v) is 7.40. The summed E-state index contributed by atoms with van der Waals surface area (Å²) >= 11 is 0. The van der Waals surface area contributed by atoms with Gasteiger partial charge >= 0.3 is 0 Å². The summed E-state index contributed by atoms with van der Waals surface area (Å²) < 4.78 is 2.11. The number of nitrogens with zero attached hydrogens (tertiary/aromatic N) is 3. The topological polar surface area (TPSA) is 47.1 Å². The number of anilines is 2. The van der Waals surface area contributed by atoms with Gasteiger partial charge in [0.1, 0.15) is 0 Å². The zero-order chi connectivity index (χ0) is 14.1. The van der Waals surface area contributed by atoms with E-state index in [-0.39, 0.29) is 0 Å². The van der Waals surface area contributed by atoms with Gasteiger partial charge in [0.2, 0.25) is 0 Å². The van der Waals surface area contributed by atoms with Gasteiger partial charge in [-0.2, -0.15) is 5.10 Å². The van der Waals surface area contributed by atoms with E-state index in [9.17, 15) is 0 Å². The van der Waals surface area contributed by atoms with Crippen LogP contribution in [0.2, 0.25) is 0 Å². The fourth-order valence-corrected chi connectivity index (χ4v) is 2.98. The largest absolute Gasteiger partial charge is 0.398 e. The minimum absolute atomic E-state index is 0.914. The Hall–Kier alpha value is -1.97. The van der Waals surface area contributed by atoms with E-state index < -0.39 is 0 Å². The zero-order valence-electron chi connectivity index (χ0n) is 12.3. The van der Waals surface area contributed by atoms with Crippen LogP contribution in [0.25, 0.3) is 0 Å². The summed E-state index contributed by atoms with van der Waals surface area (Å²) in [7, 11) is 0. The number of nitrogens with two attached hydrogens (primary N) is 1. The maximum absolute atomic E-state index is 6.07. The van der Waals surface area contributed by atoms with E-state index in [0.717, 1.165) is 38.2 Å². The highest BCUT2D eigenvalue weighted by Crippen LogP contribution is 2.33. The lowest BCUT2D eigenvalue weighted by molar-refractivity contribution is 0.606. The summed E-state index contributed by atoms with van der Waals surface area (Å²) in [6.45, 7) is 7.17. The highest BCUT2D eigenvalue weighted by atomic mass is 15.3. The number of aromatic nitrogens is 2. The molecule has 0 unspecified atom stereocenters. The molecular weight excluding hydrogens is 248 g/mol. The van der Waals surface area contributed by atoms with Gasteiger partial charge in [-0.15, -0.1) is 0 Å². The van der Waals surface area contributed by atoms with Crippen molar-refractivity contribution in [1.29, 1.82) is 0 Å². The fraction of sp³-hybridized carbons (Fsp3) is 0.438. The molecule has 0 spiro atoms. The van der Waals surface area contributed by atoms with Crippen molar-refractivity contribution in [2.45, 2.75) is 39.8 Å². The van der Waals surface area contributed by atoms with E-state index in [0.29, 0.717) is 0 Å². The van der Waals surface area contributed by atoms with Crippen LogP contribution in [0, 0.1) is 0 Å². The van der Waals surface area contributed by atoms with E-state index in [1.165, 1.54) is 22.6 Å². The van der Waals surface area contributed by atoms with E-state index in [2.05, 4.69) is 40.7 Å². The number of aryl methyl sites for hydroxylation is 2. The number of rotatable bonds is 4. The Morgan fingerprint density at radius 3 is 2.90 bits per heavy atom. The second-order valence-electron chi connectivity index (χ2n) is 5.31. The molecule has 0 radical (unpaired) electrons. The van der Waals surface area contributed by atoms with Gasteiger partial charge in [-0.1, -0.05) is 13.0 Å². The van der Waals surface area contributed by atoms with Crippen molar-refractivity contribution in [2.75, 3.05) is 17.2 Å². The second kappa shape index (κ2) is 5.19. The third kappa shape index (κ3) is 2.15. The highest BCUT2D eigenvalue weighted by molar-refractivity contribution is 5.68. The van der Waals surface area contributed by atoms with Crippen LogP contribution >= 0.6 is 0 Å². The average molecular weight is 270 g/mol. The predicted octanol–water partition coefficient (Wildman–Crippen LogP) is 2.61. The van der Waals surface area contributed by atoms with Gasteiger partial charge in [0.05, 0.1) is 17.9 Å². The normalized spacial score (nSPS) is 13.8. The predicted molar refractivity (Wildman–Crippen MR) is 82.9 cm³/mol. The minimum atomic E-state index is 0.914. The standard InChI is InChI=1S/C16H22N4/c1-3-12-10-13(20(4-2)18-12)11-19-9-8-14-15(17)6-5-7-16(14)19/h5-7,10H,3-4,8-9,11,17H2,1-2H3. The summed E-state index contributed by atoms with van der Waals surface area (Å²) in [6, 6.07) is 8.44. The Balaban J connectivity index is 1.87. The van der Waals surface area contributed by atoms with Crippen molar-refractivity contribution in [2.24, 2.45) is 0 Å². The van der Waals surface area contributed by atoms with Crippen molar-refractivity contribution in [3.05, 3.63) is 41.2 Å². The average Bonchev–Trinajstić information content (AvgIpc) is 3.04. The molecule has 1 aromatic carbocycles. The molecule has 3 rings (SSSR count). The summed E-state index contributed by atoms with van der Waals surface area (Å²) in [5, 5.41) is 4.63. The van der Waals surface area contributed by atoms with Gasteiger partial charge in [0.15, 0.2) is 0 Å². The van der Waals surface area contributed by atoms with Crippen molar-refractivity contribution in [1.82, 2.24) is 9.78 Å². The van der Waals surface area contributed by atoms with Crippen LogP contribution in [-0.2, 0) is 25.9 Å². The highest BCUT2D eigenvalue weighted by Gasteiger charge is 2.22. The minimum Gasteiger partial charge on any atom is -0.398 e. The molecule has 1 aromatic heterocycles. The Morgan fingerprint density at radius 2 is 2.15 bits per heavy atom. The molecule has 2 heterocycles. The molecule has 4 heteroatoms. The first kappa shape index (κ1) is 13.0. The molecule has 1 aliphatic heterocycles. The molecule has 106 valence electrons. The maximum Gasteiger partial charge on any atom is 0.0625 e. The van der Waals surface area contributed by atoms with Crippen molar-refractivity contribution in [3.63, 3.8) is 0 Å². The molecule has 2 aromatic rings. The van der Waals surface area contributed by atoms with Gasteiger partial charge in [-0.25, -0.2) is 0 Å². The number of nitrogen functional groups attached to an aromatic ring is 1. The van der Waals surface area contributed by atoms with Crippen LogP contribution in [0.4, 0.5) is 11.4 Å². The van der Waals surface area contributed by atoms with Gasteiger partial charge in [-0.05, 0) is 38.0 Å². The van der Waals surface area contributed by atoms with E-state index >= 15 is 0 Å². The van der Waals surface area contributed by atoms with E-state index in [4.69, 9.17) is 5.73 Å². The smallest absolute Gasteiger partial charge is 0.0625 e. The van der Waals surface area contributed by atoms with Crippen LogP contribution in [0.15, 0.2) is 24.3 Å². The monoisotopic (exact) mass is 270 g/mol. The summed E-state index contributed by atoms with van der Waals surface area (Å²) in [5.41, 5.74) is 12.0. The lowest BCUT2D eigenvalue weighted by Gasteiger charge is -2.20. The SMILES string of the molecule is CCc1cc(CN2CCc3c(N)cccc32)n(CC)n1. The van der Waals surface area contributed by atoms with Crippen LogP contribution < -0.4 is 10.6 Å². The number of fused-ring (bicyclic) bond motifs is 1. The molecule has 0 bridgehead atoms. The first-order chi connectivity index (χ1) is 9.72. The number of hydrogen-bond acceptors (Lipinski definition) is 3.